The molecule has 0 aliphatic heterocycles. The van der Waals surface area contributed by atoms with Crippen LogP contribution in [0.5, 0.6) is 0 Å². The highest BCUT2D eigenvalue weighted by Gasteiger charge is 2.27. The Kier molecular flexibility index (Phi) is 6.61. The fourth-order valence-corrected chi connectivity index (χ4v) is 2.58. The van der Waals surface area contributed by atoms with Gasteiger partial charge in [0.1, 0.15) is 0 Å². The minimum atomic E-state index is -2.57. The number of aliphatic hydroxyl groups is 1. The van der Waals surface area contributed by atoms with Gasteiger partial charge in [0.05, 0.1) is 5.56 Å². The lowest BCUT2D eigenvalue weighted by atomic mass is 9.85. The van der Waals surface area contributed by atoms with Crippen LogP contribution in [-0.2, 0) is 0 Å². The molecular formula is C15H21F2NO2S. The van der Waals surface area contributed by atoms with Crippen LogP contribution in [0.4, 0.5) is 8.78 Å². The molecule has 1 amide bonds. The van der Waals surface area contributed by atoms with E-state index in [1.807, 2.05) is 20.8 Å². The first-order valence-electron chi connectivity index (χ1n) is 6.71. The smallest absolute Gasteiger partial charge is 0.288 e. The van der Waals surface area contributed by atoms with Crippen LogP contribution in [0.2, 0.25) is 0 Å². The number of rotatable bonds is 6. The third-order valence-electron chi connectivity index (χ3n) is 3.12. The van der Waals surface area contributed by atoms with Crippen LogP contribution >= 0.6 is 11.8 Å². The molecule has 0 aliphatic carbocycles. The standard InChI is InChI=1S/C15H21F2NO2S/c1-15(2,3)12(8-9-19)18-13(20)10-6-4-5-7-11(10)21-14(16)17/h4-7,12,14,19H,8-9H2,1-3H3,(H,18,20). The lowest BCUT2D eigenvalue weighted by Gasteiger charge is -2.31. The number of hydrogen-bond donors (Lipinski definition) is 2. The SMILES string of the molecule is CC(C)(C)C(CCO)NC(=O)c1ccccc1SC(F)F. The van der Waals surface area contributed by atoms with Crippen molar-refractivity contribution in [3.05, 3.63) is 29.8 Å². The van der Waals surface area contributed by atoms with E-state index >= 15 is 0 Å². The number of thioether (sulfide) groups is 1. The van der Waals surface area contributed by atoms with Crippen LogP contribution in [-0.4, -0.2) is 29.4 Å². The fraction of sp³-hybridized carbons (Fsp3) is 0.533. The second kappa shape index (κ2) is 7.75. The van der Waals surface area contributed by atoms with Crippen LogP contribution in [0.3, 0.4) is 0 Å². The van der Waals surface area contributed by atoms with Gasteiger partial charge in [-0.3, -0.25) is 4.79 Å². The number of benzene rings is 1. The molecule has 0 fully saturated rings. The van der Waals surface area contributed by atoms with Gasteiger partial charge in [-0.1, -0.05) is 44.7 Å². The Morgan fingerprint density at radius 1 is 1.33 bits per heavy atom. The van der Waals surface area contributed by atoms with E-state index in [1.54, 1.807) is 12.1 Å². The number of carbonyl (C=O) groups excluding carboxylic acids is 1. The zero-order chi connectivity index (χ0) is 16.0. The largest absolute Gasteiger partial charge is 0.396 e. The number of amides is 1. The maximum atomic E-state index is 12.5. The Hall–Kier alpha value is -1.14. The molecule has 0 saturated carbocycles. The Balaban J connectivity index is 2.92. The zero-order valence-electron chi connectivity index (χ0n) is 12.4. The summed E-state index contributed by atoms with van der Waals surface area (Å²) in [5, 5.41) is 11.9. The number of nitrogens with one attached hydrogen (secondary N) is 1. The first kappa shape index (κ1) is 17.9. The second-order valence-electron chi connectivity index (χ2n) is 5.78. The van der Waals surface area contributed by atoms with Crippen LogP contribution in [0, 0.1) is 5.41 Å². The minimum Gasteiger partial charge on any atom is -0.396 e. The monoisotopic (exact) mass is 317 g/mol. The number of aliphatic hydroxyl groups excluding tert-OH is 1. The van der Waals surface area contributed by atoms with Crippen molar-refractivity contribution < 1.29 is 18.7 Å². The summed E-state index contributed by atoms with van der Waals surface area (Å²) < 4.78 is 25.1. The van der Waals surface area contributed by atoms with Gasteiger partial charge in [-0.25, -0.2) is 0 Å². The number of halogens is 2. The molecule has 1 aromatic carbocycles. The molecule has 0 bridgehead atoms. The average molecular weight is 317 g/mol. The summed E-state index contributed by atoms with van der Waals surface area (Å²) in [6.45, 7) is 5.81. The van der Waals surface area contributed by atoms with Crippen LogP contribution in [0.15, 0.2) is 29.2 Å². The summed E-state index contributed by atoms with van der Waals surface area (Å²) in [5.74, 6) is -2.97. The van der Waals surface area contributed by atoms with Crippen molar-refractivity contribution in [3.8, 4) is 0 Å². The van der Waals surface area contributed by atoms with Gasteiger partial charge in [-0.05, 0) is 24.0 Å². The van der Waals surface area contributed by atoms with Gasteiger partial charge >= 0.3 is 0 Å². The van der Waals surface area contributed by atoms with Gasteiger partial charge in [0.15, 0.2) is 0 Å². The average Bonchev–Trinajstić information content (AvgIpc) is 2.37. The van der Waals surface area contributed by atoms with E-state index in [2.05, 4.69) is 5.32 Å². The molecular weight excluding hydrogens is 296 g/mol. The summed E-state index contributed by atoms with van der Waals surface area (Å²) >= 11 is 0.358. The first-order chi connectivity index (χ1) is 9.75. The maximum absolute atomic E-state index is 12.5. The normalized spacial score (nSPS) is 13.3. The fourth-order valence-electron chi connectivity index (χ4n) is 1.94. The van der Waals surface area contributed by atoms with Gasteiger partial charge in [-0.15, -0.1) is 0 Å². The topological polar surface area (TPSA) is 49.3 Å². The number of alkyl halides is 2. The van der Waals surface area contributed by atoms with E-state index in [-0.39, 0.29) is 28.5 Å². The Morgan fingerprint density at radius 2 is 1.95 bits per heavy atom. The molecule has 2 N–H and O–H groups in total. The molecule has 1 atom stereocenters. The van der Waals surface area contributed by atoms with E-state index in [0.717, 1.165) is 0 Å². The summed E-state index contributed by atoms with van der Waals surface area (Å²) in [4.78, 5) is 12.6. The summed E-state index contributed by atoms with van der Waals surface area (Å²) in [6.07, 6.45) is 0.416. The molecule has 0 aliphatic rings. The van der Waals surface area contributed by atoms with E-state index in [1.165, 1.54) is 12.1 Å². The highest BCUT2D eigenvalue weighted by molar-refractivity contribution is 7.99. The predicted octanol–water partition coefficient (Wildman–Crippen LogP) is 3.53. The van der Waals surface area contributed by atoms with E-state index in [9.17, 15) is 13.6 Å². The van der Waals surface area contributed by atoms with Gasteiger partial charge < -0.3 is 10.4 Å². The van der Waals surface area contributed by atoms with Crippen molar-refractivity contribution in [3.63, 3.8) is 0 Å². The molecule has 0 heterocycles. The molecule has 0 radical (unpaired) electrons. The van der Waals surface area contributed by atoms with Gasteiger partial charge in [-0.2, -0.15) is 8.78 Å². The van der Waals surface area contributed by atoms with E-state index in [0.29, 0.717) is 18.2 Å². The van der Waals surface area contributed by atoms with Gasteiger partial charge in [0.25, 0.3) is 11.7 Å². The molecule has 1 aromatic rings. The maximum Gasteiger partial charge on any atom is 0.288 e. The van der Waals surface area contributed by atoms with Crippen molar-refractivity contribution in [1.29, 1.82) is 0 Å². The highest BCUT2D eigenvalue weighted by Crippen LogP contribution is 2.29. The predicted molar refractivity (Wildman–Crippen MR) is 80.7 cm³/mol. The molecule has 0 spiro atoms. The lowest BCUT2D eigenvalue weighted by molar-refractivity contribution is 0.0882. The second-order valence-corrected chi connectivity index (χ2v) is 6.81. The number of hydrogen-bond acceptors (Lipinski definition) is 3. The quantitative estimate of drug-likeness (QED) is 0.789. The lowest BCUT2D eigenvalue weighted by Crippen LogP contribution is -2.44. The van der Waals surface area contributed by atoms with E-state index in [4.69, 9.17) is 5.11 Å². The minimum absolute atomic E-state index is 0.0460. The molecule has 1 rings (SSSR count). The first-order valence-corrected chi connectivity index (χ1v) is 7.59. The molecule has 118 valence electrons. The molecule has 0 saturated heterocycles. The van der Waals surface area contributed by atoms with Crippen LogP contribution < -0.4 is 5.32 Å². The van der Waals surface area contributed by atoms with Crippen molar-refractivity contribution in [2.75, 3.05) is 6.61 Å². The van der Waals surface area contributed by atoms with Gasteiger partial charge in [0, 0.05) is 17.5 Å². The highest BCUT2D eigenvalue weighted by atomic mass is 32.2. The summed E-state index contributed by atoms with van der Waals surface area (Å²) in [5.41, 5.74) is -0.00147. The van der Waals surface area contributed by atoms with E-state index < -0.39 is 11.7 Å². The van der Waals surface area contributed by atoms with Crippen LogP contribution in [0.1, 0.15) is 37.6 Å². The molecule has 0 aromatic heterocycles. The third-order valence-corrected chi connectivity index (χ3v) is 3.90. The molecule has 21 heavy (non-hydrogen) atoms. The van der Waals surface area contributed by atoms with Crippen LogP contribution in [0.25, 0.3) is 0 Å². The summed E-state index contributed by atoms with van der Waals surface area (Å²) in [6, 6.07) is 6.06. The van der Waals surface area contributed by atoms with Crippen molar-refractivity contribution in [2.45, 2.75) is 43.9 Å². The Labute approximate surface area is 128 Å². The van der Waals surface area contributed by atoms with Crippen molar-refractivity contribution in [1.82, 2.24) is 5.32 Å². The van der Waals surface area contributed by atoms with Crippen molar-refractivity contribution in [2.24, 2.45) is 5.41 Å². The van der Waals surface area contributed by atoms with Gasteiger partial charge in [0.2, 0.25) is 0 Å². The Morgan fingerprint density at radius 3 is 2.48 bits per heavy atom. The molecule has 3 nitrogen and oxygen atoms in total. The molecule has 6 heteroatoms. The van der Waals surface area contributed by atoms with Crippen molar-refractivity contribution >= 4 is 17.7 Å². The Bertz CT molecular complexity index is 475. The number of carbonyl (C=O) groups is 1. The zero-order valence-corrected chi connectivity index (χ0v) is 13.2. The molecule has 1 unspecified atom stereocenters. The third kappa shape index (κ3) is 5.63. The summed E-state index contributed by atoms with van der Waals surface area (Å²) in [7, 11) is 0.